The molecule has 0 aromatic carbocycles. The van der Waals surface area contributed by atoms with E-state index in [9.17, 15) is 0 Å². The summed E-state index contributed by atoms with van der Waals surface area (Å²) in [6, 6.07) is 0. The van der Waals surface area contributed by atoms with E-state index < -0.39 is 0 Å². The molecule has 0 aliphatic carbocycles. The van der Waals surface area contributed by atoms with Gasteiger partial charge in [-0.25, -0.2) is 9.36 Å². The van der Waals surface area contributed by atoms with Gasteiger partial charge in [0.05, 0.1) is 5.69 Å². The van der Waals surface area contributed by atoms with Crippen molar-refractivity contribution in [2.45, 2.75) is 6.92 Å². The number of rotatable bonds is 1. The van der Waals surface area contributed by atoms with Gasteiger partial charge in [-0.3, -0.25) is 0 Å². The maximum absolute atomic E-state index is 5.45. The van der Waals surface area contributed by atoms with Crippen LogP contribution in [0.4, 0.5) is 0 Å². The van der Waals surface area contributed by atoms with Crippen LogP contribution < -0.4 is 5.01 Å². The zero-order valence-electron chi connectivity index (χ0n) is 11.0. The molecule has 98 valence electrons. The molecule has 1 aliphatic rings. The molecule has 0 unspecified atom stereocenters. The Morgan fingerprint density at radius 2 is 1.83 bits per heavy atom. The highest BCUT2D eigenvalue weighted by molar-refractivity contribution is 7.71. The molecular weight excluding hydrogens is 248 g/mol. The molecule has 1 saturated heterocycles. The van der Waals surface area contributed by atoms with E-state index in [1.165, 1.54) is 0 Å². The molecule has 6 nitrogen and oxygen atoms in total. The molecule has 18 heavy (non-hydrogen) atoms. The Morgan fingerprint density at radius 1 is 1.17 bits per heavy atom. The third kappa shape index (κ3) is 1.65. The zero-order chi connectivity index (χ0) is 12.9. The standard InChI is InChI=1S/C11H18N6S/c1-8-9-10(15(3)13-8)17(11(18)12-9)16-6-4-14(2)5-7-16/h4-7H2,1-3H3,(H,12,18). The Morgan fingerprint density at radius 3 is 2.50 bits per heavy atom. The lowest BCUT2D eigenvalue weighted by Gasteiger charge is -2.34. The SMILES string of the molecule is Cc1nn(C)c2c1[nH]c(=S)n2N1CCN(C)CC1. The Hall–Kier alpha value is -1.34. The van der Waals surface area contributed by atoms with Crippen molar-refractivity contribution in [1.82, 2.24) is 24.3 Å². The first-order chi connectivity index (χ1) is 8.58. The summed E-state index contributed by atoms with van der Waals surface area (Å²) in [5.41, 5.74) is 3.09. The van der Waals surface area contributed by atoms with Crippen molar-refractivity contribution in [3.63, 3.8) is 0 Å². The molecule has 1 aliphatic heterocycles. The monoisotopic (exact) mass is 266 g/mol. The van der Waals surface area contributed by atoms with Gasteiger partial charge in [0.25, 0.3) is 0 Å². The maximum Gasteiger partial charge on any atom is 0.198 e. The van der Waals surface area contributed by atoms with Crippen LogP contribution in [-0.2, 0) is 7.05 Å². The number of aromatic amines is 1. The van der Waals surface area contributed by atoms with Crippen LogP contribution in [0.15, 0.2) is 0 Å². The predicted molar refractivity (Wildman–Crippen MR) is 74.1 cm³/mol. The van der Waals surface area contributed by atoms with Gasteiger partial charge in [-0.15, -0.1) is 0 Å². The second-order valence-electron chi connectivity index (χ2n) is 4.91. The third-order valence-corrected chi connectivity index (χ3v) is 3.85. The van der Waals surface area contributed by atoms with E-state index in [4.69, 9.17) is 12.2 Å². The number of H-pyrrole nitrogens is 1. The largest absolute Gasteiger partial charge is 0.326 e. The number of aryl methyl sites for hydroxylation is 2. The average Bonchev–Trinajstić information content (AvgIpc) is 2.79. The molecule has 2 aromatic heterocycles. The fraction of sp³-hybridized carbons (Fsp3) is 0.636. The number of hydrogen-bond acceptors (Lipinski definition) is 4. The third-order valence-electron chi connectivity index (χ3n) is 3.58. The molecule has 1 N–H and O–H groups in total. The minimum absolute atomic E-state index is 0.755. The zero-order valence-corrected chi connectivity index (χ0v) is 11.8. The normalized spacial score (nSPS) is 17.8. The van der Waals surface area contributed by atoms with Gasteiger partial charge in [-0.2, -0.15) is 5.10 Å². The van der Waals surface area contributed by atoms with Gasteiger partial charge >= 0.3 is 0 Å². The first-order valence-corrected chi connectivity index (χ1v) is 6.57. The Balaban J connectivity index is 2.11. The van der Waals surface area contributed by atoms with Crippen LogP contribution in [0, 0.1) is 11.7 Å². The highest BCUT2D eigenvalue weighted by Gasteiger charge is 2.20. The van der Waals surface area contributed by atoms with Crippen LogP contribution in [0.3, 0.4) is 0 Å². The van der Waals surface area contributed by atoms with Gasteiger partial charge in [0.1, 0.15) is 5.52 Å². The summed E-state index contributed by atoms with van der Waals surface area (Å²) in [5.74, 6) is 0. The first-order valence-electron chi connectivity index (χ1n) is 6.16. The molecule has 0 radical (unpaired) electrons. The van der Waals surface area contributed by atoms with Gasteiger partial charge in [0.2, 0.25) is 0 Å². The highest BCUT2D eigenvalue weighted by Crippen LogP contribution is 2.17. The van der Waals surface area contributed by atoms with Crippen LogP contribution >= 0.6 is 12.2 Å². The van der Waals surface area contributed by atoms with E-state index >= 15 is 0 Å². The minimum atomic E-state index is 0.755. The summed E-state index contributed by atoms with van der Waals surface area (Å²) in [5, 5.41) is 6.74. The summed E-state index contributed by atoms with van der Waals surface area (Å²) in [7, 11) is 4.11. The summed E-state index contributed by atoms with van der Waals surface area (Å²) in [4.78, 5) is 5.60. The Labute approximate surface area is 111 Å². The number of likely N-dealkylation sites (N-methyl/N-ethyl adjacent to an activating group) is 1. The van der Waals surface area contributed by atoms with Crippen LogP contribution in [0.5, 0.6) is 0 Å². The molecular formula is C11H18N6S. The number of fused-ring (bicyclic) bond motifs is 1. The van der Waals surface area contributed by atoms with Crippen LogP contribution in [0.2, 0.25) is 0 Å². The second-order valence-corrected chi connectivity index (χ2v) is 5.29. The molecule has 2 aromatic rings. The molecule has 7 heteroatoms. The summed E-state index contributed by atoms with van der Waals surface area (Å²) in [6.45, 7) is 6.10. The van der Waals surface area contributed by atoms with Gasteiger partial charge in [-0.05, 0) is 26.2 Å². The van der Waals surface area contributed by atoms with Crippen molar-refractivity contribution >= 4 is 23.4 Å². The lowest BCUT2D eigenvalue weighted by Crippen LogP contribution is -2.50. The quantitative estimate of drug-likeness (QED) is 0.769. The number of imidazole rings is 1. The van der Waals surface area contributed by atoms with Crippen molar-refractivity contribution in [1.29, 1.82) is 0 Å². The Kier molecular flexibility index (Phi) is 2.67. The van der Waals surface area contributed by atoms with E-state index in [1.54, 1.807) is 0 Å². The van der Waals surface area contributed by atoms with Gasteiger partial charge in [-0.1, -0.05) is 0 Å². The van der Waals surface area contributed by atoms with Crippen LogP contribution in [0.25, 0.3) is 11.2 Å². The van der Waals surface area contributed by atoms with Crippen molar-refractivity contribution in [2.75, 3.05) is 38.2 Å². The molecule has 3 heterocycles. The summed E-state index contributed by atoms with van der Waals surface area (Å²) in [6.07, 6.45) is 0. The number of nitrogens with one attached hydrogen (secondary N) is 1. The molecule has 0 bridgehead atoms. The predicted octanol–water partition coefficient (Wildman–Crippen LogP) is 0.624. The first kappa shape index (κ1) is 11.7. The van der Waals surface area contributed by atoms with Crippen molar-refractivity contribution in [3.8, 4) is 0 Å². The lowest BCUT2D eigenvalue weighted by atomic mass is 10.4. The number of aromatic nitrogens is 4. The molecule has 3 rings (SSSR count). The van der Waals surface area contributed by atoms with E-state index in [1.807, 2.05) is 18.7 Å². The van der Waals surface area contributed by atoms with E-state index in [0.717, 1.165) is 47.8 Å². The minimum Gasteiger partial charge on any atom is -0.326 e. The highest BCUT2D eigenvalue weighted by atomic mass is 32.1. The van der Waals surface area contributed by atoms with Crippen LogP contribution in [-0.4, -0.2) is 57.6 Å². The summed E-state index contributed by atoms with van der Waals surface area (Å²) < 4.78 is 4.75. The van der Waals surface area contributed by atoms with Crippen molar-refractivity contribution in [3.05, 3.63) is 10.5 Å². The number of nitrogens with zero attached hydrogens (tertiary/aromatic N) is 5. The maximum atomic E-state index is 5.45. The van der Waals surface area contributed by atoms with Crippen molar-refractivity contribution < 1.29 is 0 Å². The lowest BCUT2D eigenvalue weighted by molar-refractivity contribution is 0.288. The van der Waals surface area contributed by atoms with Crippen molar-refractivity contribution in [2.24, 2.45) is 7.05 Å². The van der Waals surface area contributed by atoms with E-state index in [2.05, 4.69) is 31.7 Å². The number of piperazine rings is 1. The smallest absolute Gasteiger partial charge is 0.198 e. The van der Waals surface area contributed by atoms with Crippen LogP contribution in [0.1, 0.15) is 5.69 Å². The molecule has 0 atom stereocenters. The average molecular weight is 266 g/mol. The van der Waals surface area contributed by atoms with E-state index in [0.29, 0.717) is 0 Å². The fourth-order valence-electron chi connectivity index (χ4n) is 2.55. The van der Waals surface area contributed by atoms with E-state index in [-0.39, 0.29) is 0 Å². The molecule has 0 saturated carbocycles. The van der Waals surface area contributed by atoms with Gasteiger partial charge in [0.15, 0.2) is 10.4 Å². The number of hydrogen-bond donors (Lipinski definition) is 1. The topological polar surface area (TPSA) is 45.0 Å². The Bertz CT molecular complexity index is 628. The fourth-order valence-corrected chi connectivity index (χ4v) is 2.85. The van der Waals surface area contributed by atoms with Gasteiger partial charge in [0, 0.05) is 33.2 Å². The molecule has 0 amide bonds. The molecule has 1 fully saturated rings. The second kappa shape index (κ2) is 4.10. The summed E-state index contributed by atoms with van der Waals surface area (Å²) >= 11 is 5.45. The molecule has 0 spiro atoms. The van der Waals surface area contributed by atoms with Gasteiger partial charge < -0.3 is 14.9 Å².